The number of aromatic nitrogens is 1. The van der Waals surface area contributed by atoms with Crippen molar-refractivity contribution in [1.29, 1.82) is 0 Å². The van der Waals surface area contributed by atoms with E-state index in [1.54, 1.807) is 6.20 Å². The largest absolute Gasteiger partial charge is 0.463 e. The number of hydrogen-bond acceptors (Lipinski definition) is 3. The molecule has 0 saturated heterocycles. The summed E-state index contributed by atoms with van der Waals surface area (Å²) in [5.41, 5.74) is 3.41. The van der Waals surface area contributed by atoms with Crippen molar-refractivity contribution in [3.8, 4) is 11.1 Å². The lowest BCUT2D eigenvalue weighted by Crippen LogP contribution is -2.26. The zero-order chi connectivity index (χ0) is 15.1. The Hall–Kier alpha value is -2.40. The van der Waals surface area contributed by atoms with Crippen LogP contribution >= 0.6 is 0 Å². The number of amides is 1. The van der Waals surface area contributed by atoms with Crippen LogP contribution in [0.2, 0.25) is 0 Å². The van der Waals surface area contributed by atoms with Crippen LogP contribution in [0, 0.1) is 0 Å². The van der Waals surface area contributed by atoms with Gasteiger partial charge in [0.25, 0.3) is 0 Å². The Morgan fingerprint density at radius 2 is 1.95 bits per heavy atom. The number of unbranched alkanes of at least 4 members (excludes halogenated alkanes) is 1. The molecule has 0 aliphatic heterocycles. The van der Waals surface area contributed by atoms with Crippen molar-refractivity contribution in [3.05, 3.63) is 54.4 Å². The number of benzene rings is 1. The van der Waals surface area contributed by atoms with Crippen LogP contribution in [0.3, 0.4) is 0 Å². The molecule has 1 heterocycles. The molecule has 0 atom stereocenters. The highest BCUT2D eigenvalue weighted by atomic mass is 16.6. The average molecular weight is 286 g/mol. The van der Waals surface area contributed by atoms with E-state index in [1.165, 1.54) is 5.56 Å². The van der Waals surface area contributed by atoms with Crippen LogP contribution in [0.4, 0.5) is 4.79 Å². The number of hydroxylamine groups is 2. The van der Waals surface area contributed by atoms with Crippen LogP contribution < -0.4 is 0 Å². The van der Waals surface area contributed by atoms with Gasteiger partial charge in [0.05, 0.1) is 6.54 Å². The fourth-order valence-corrected chi connectivity index (χ4v) is 2.21. The summed E-state index contributed by atoms with van der Waals surface area (Å²) in [6.07, 6.45) is 4.52. The molecule has 0 fully saturated rings. The van der Waals surface area contributed by atoms with Gasteiger partial charge in [-0.1, -0.05) is 30.3 Å². The first-order chi connectivity index (χ1) is 10.2. The van der Waals surface area contributed by atoms with Crippen LogP contribution in [-0.4, -0.2) is 33.0 Å². The molecule has 0 unspecified atom stereocenters. The summed E-state index contributed by atoms with van der Waals surface area (Å²) in [6, 6.07) is 12.0. The summed E-state index contributed by atoms with van der Waals surface area (Å²) in [6.45, 7) is 0.129. The third-order valence-electron chi connectivity index (χ3n) is 3.28. The topological polar surface area (TPSA) is 73.7 Å². The van der Waals surface area contributed by atoms with E-state index in [0.29, 0.717) is 11.5 Å². The smallest absolute Gasteiger partial charge is 0.431 e. The third-order valence-corrected chi connectivity index (χ3v) is 3.28. The van der Waals surface area contributed by atoms with Gasteiger partial charge in [-0.05, 0) is 36.5 Å². The SMILES string of the molecule is O=C(O)N(O)CCCCc1ccccc1-c1cccnc1. The molecule has 2 rings (SSSR count). The summed E-state index contributed by atoms with van der Waals surface area (Å²) in [7, 11) is 0. The fourth-order valence-electron chi connectivity index (χ4n) is 2.21. The second kappa shape index (κ2) is 7.40. The number of rotatable bonds is 6. The zero-order valence-electron chi connectivity index (χ0n) is 11.6. The molecule has 2 aromatic rings. The summed E-state index contributed by atoms with van der Waals surface area (Å²) >= 11 is 0. The Bertz CT molecular complexity index is 587. The van der Waals surface area contributed by atoms with E-state index in [4.69, 9.17) is 10.3 Å². The number of carboxylic acid groups (broad SMARTS) is 1. The lowest BCUT2D eigenvalue weighted by molar-refractivity contribution is -0.0644. The Balaban J connectivity index is 1.97. The molecule has 1 aromatic heterocycles. The van der Waals surface area contributed by atoms with Crippen LogP contribution in [0.25, 0.3) is 11.1 Å². The second-order valence-electron chi connectivity index (χ2n) is 4.76. The Morgan fingerprint density at radius 1 is 1.14 bits per heavy atom. The lowest BCUT2D eigenvalue weighted by atomic mass is 9.97. The van der Waals surface area contributed by atoms with Crippen molar-refractivity contribution in [2.75, 3.05) is 6.54 Å². The molecular formula is C16H18N2O3. The molecule has 5 nitrogen and oxygen atoms in total. The lowest BCUT2D eigenvalue weighted by Gasteiger charge is -2.12. The van der Waals surface area contributed by atoms with Crippen molar-refractivity contribution in [2.24, 2.45) is 0 Å². The van der Waals surface area contributed by atoms with Crippen LogP contribution in [0.1, 0.15) is 18.4 Å². The van der Waals surface area contributed by atoms with Crippen molar-refractivity contribution in [2.45, 2.75) is 19.3 Å². The molecule has 0 aliphatic carbocycles. The Kier molecular flexibility index (Phi) is 5.29. The predicted molar refractivity (Wildman–Crippen MR) is 79.1 cm³/mol. The molecule has 2 N–H and O–H groups in total. The summed E-state index contributed by atoms with van der Waals surface area (Å²) in [5.74, 6) is 0. The number of hydrogen-bond donors (Lipinski definition) is 2. The molecule has 0 radical (unpaired) electrons. The van der Waals surface area contributed by atoms with E-state index < -0.39 is 6.09 Å². The molecule has 0 spiro atoms. The predicted octanol–water partition coefficient (Wildman–Crippen LogP) is 3.44. The minimum Gasteiger partial charge on any atom is -0.463 e. The normalized spacial score (nSPS) is 10.3. The first kappa shape index (κ1) is 15.0. The van der Waals surface area contributed by atoms with E-state index in [-0.39, 0.29) is 6.54 Å². The molecule has 5 heteroatoms. The molecule has 0 saturated carbocycles. The van der Waals surface area contributed by atoms with Gasteiger partial charge >= 0.3 is 6.09 Å². The van der Waals surface area contributed by atoms with Gasteiger partial charge in [-0.3, -0.25) is 10.2 Å². The number of carbonyl (C=O) groups is 1. The van der Waals surface area contributed by atoms with Gasteiger partial charge in [0, 0.05) is 18.0 Å². The van der Waals surface area contributed by atoms with Gasteiger partial charge in [0.2, 0.25) is 0 Å². The van der Waals surface area contributed by atoms with E-state index in [1.807, 2.05) is 30.5 Å². The maximum Gasteiger partial charge on any atom is 0.431 e. The van der Waals surface area contributed by atoms with Crippen molar-refractivity contribution >= 4 is 6.09 Å². The van der Waals surface area contributed by atoms with Gasteiger partial charge in [-0.25, -0.2) is 4.79 Å². The van der Waals surface area contributed by atoms with Gasteiger partial charge in [-0.2, -0.15) is 5.06 Å². The monoisotopic (exact) mass is 286 g/mol. The van der Waals surface area contributed by atoms with E-state index in [9.17, 15) is 4.79 Å². The maximum atomic E-state index is 10.5. The Labute approximate surface area is 123 Å². The van der Waals surface area contributed by atoms with Crippen LogP contribution in [0.15, 0.2) is 48.8 Å². The van der Waals surface area contributed by atoms with Gasteiger partial charge in [0.1, 0.15) is 0 Å². The molecule has 0 aliphatic rings. The highest BCUT2D eigenvalue weighted by Gasteiger charge is 2.08. The molecule has 1 aromatic carbocycles. The highest BCUT2D eigenvalue weighted by molar-refractivity contribution is 5.66. The van der Waals surface area contributed by atoms with E-state index >= 15 is 0 Å². The quantitative estimate of drug-likeness (QED) is 0.484. The molecular weight excluding hydrogens is 268 g/mol. The third kappa shape index (κ3) is 4.29. The van der Waals surface area contributed by atoms with Crippen LogP contribution in [-0.2, 0) is 6.42 Å². The Morgan fingerprint density at radius 3 is 2.67 bits per heavy atom. The van der Waals surface area contributed by atoms with Crippen molar-refractivity contribution < 1.29 is 15.1 Å². The minimum absolute atomic E-state index is 0.129. The first-order valence-corrected chi connectivity index (χ1v) is 6.86. The first-order valence-electron chi connectivity index (χ1n) is 6.86. The summed E-state index contributed by atoms with van der Waals surface area (Å²) in [4.78, 5) is 14.6. The van der Waals surface area contributed by atoms with Crippen LogP contribution in [0.5, 0.6) is 0 Å². The van der Waals surface area contributed by atoms with Crippen molar-refractivity contribution in [1.82, 2.24) is 10.0 Å². The minimum atomic E-state index is -1.31. The molecule has 1 amide bonds. The maximum absolute atomic E-state index is 10.5. The number of nitrogens with zero attached hydrogens (tertiary/aromatic N) is 2. The number of pyridine rings is 1. The zero-order valence-corrected chi connectivity index (χ0v) is 11.6. The summed E-state index contributed by atoms with van der Waals surface area (Å²) in [5, 5.41) is 18.0. The van der Waals surface area contributed by atoms with Gasteiger partial charge in [-0.15, -0.1) is 0 Å². The molecule has 0 bridgehead atoms. The van der Waals surface area contributed by atoms with Gasteiger partial charge < -0.3 is 5.11 Å². The molecule has 21 heavy (non-hydrogen) atoms. The summed E-state index contributed by atoms with van der Waals surface area (Å²) < 4.78 is 0. The second-order valence-corrected chi connectivity index (χ2v) is 4.76. The fraction of sp³-hybridized carbons (Fsp3) is 0.250. The molecule has 110 valence electrons. The van der Waals surface area contributed by atoms with Gasteiger partial charge in [0.15, 0.2) is 0 Å². The van der Waals surface area contributed by atoms with E-state index in [0.717, 1.165) is 24.0 Å². The highest BCUT2D eigenvalue weighted by Crippen LogP contribution is 2.24. The standard InChI is InChI=1S/C16H18N2O3/c19-16(20)18(21)11-4-3-7-13-6-1-2-9-15(13)14-8-5-10-17-12-14/h1-2,5-6,8-10,12,21H,3-4,7,11H2,(H,19,20). The number of aryl methyl sites for hydroxylation is 1. The van der Waals surface area contributed by atoms with E-state index in [2.05, 4.69) is 17.1 Å². The average Bonchev–Trinajstić information content (AvgIpc) is 2.52. The van der Waals surface area contributed by atoms with Crippen molar-refractivity contribution in [3.63, 3.8) is 0 Å².